The highest BCUT2D eigenvalue weighted by molar-refractivity contribution is 7.45. The Labute approximate surface area is 499 Å². The molecule has 0 aromatic carbocycles. The van der Waals surface area contributed by atoms with E-state index >= 15 is 0 Å². The first-order valence-corrected chi connectivity index (χ1v) is 34.3. The van der Waals surface area contributed by atoms with E-state index in [0.29, 0.717) is 23.9 Å². The molecule has 10 heteroatoms. The zero-order valence-corrected chi connectivity index (χ0v) is 53.8. The molecule has 0 heterocycles. The molecule has 9 nitrogen and oxygen atoms in total. The van der Waals surface area contributed by atoms with Crippen LogP contribution in [0.2, 0.25) is 0 Å². The SMILES string of the molecule is CC/C=C\C/C=C\C/C=C\C/C=C\C/C=C\CCCC(=O)OC(/C=C\CCCCCCCCCCCCC)C(COP(=O)([O-])OCC[N+](C)(C)C)NC(=O)CCCCCCCCCCC/C=C\C/C=C\C/C=C\C/C=C\CCCCC. The summed E-state index contributed by atoms with van der Waals surface area (Å²) in [5, 5.41) is 3.02. The summed E-state index contributed by atoms with van der Waals surface area (Å²) in [5.41, 5.74) is 0. The van der Waals surface area contributed by atoms with Crippen molar-refractivity contribution in [2.75, 3.05) is 40.9 Å². The zero-order valence-electron chi connectivity index (χ0n) is 52.9. The molecule has 0 saturated carbocycles. The second-order valence-electron chi connectivity index (χ2n) is 22.9. The van der Waals surface area contributed by atoms with Gasteiger partial charge in [-0.3, -0.25) is 14.2 Å². The third-order valence-corrected chi connectivity index (χ3v) is 14.8. The number of likely N-dealkylation sites (N-methyl/N-ethyl adjacent to an activating group) is 1. The lowest BCUT2D eigenvalue weighted by molar-refractivity contribution is -0.870. The monoisotopic (exact) mass is 1150 g/mol. The summed E-state index contributed by atoms with van der Waals surface area (Å²) in [6.45, 7) is 6.66. The van der Waals surface area contributed by atoms with Crippen LogP contribution in [0.25, 0.3) is 0 Å². The minimum atomic E-state index is -4.72. The summed E-state index contributed by atoms with van der Waals surface area (Å²) >= 11 is 0. The first kappa shape index (κ1) is 77.4. The third kappa shape index (κ3) is 60.8. The summed E-state index contributed by atoms with van der Waals surface area (Å²) in [7, 11) is 1.14. The molecule has 0 aliphatic rings. The van der Waals surface area contributed by atoms with Gasteiger partial charge in [0.25, 0.3) is 7.82 Å². The van der Waals surface area contributed by atoms with Gasteiger partial charge < -0.3 is 28.5 Å². The van der Waals surface area contributed by atoms with Gasteiger partial charge in [-0.2, -0.15) is 0 Å². The molecular formula is C71H123N2O7P. The van der Waals surface area contributed by atoms with Gasteiger partial charge in [0, 0.05) is 12.8 Å². The van der Waals surface area contributed by atoms with E-state index in [2.05, 4.69) is 135 Å². The summed E-state index contributed by atoms with van der Waals surface area (Å²) in [6.07, 6.45) is 83.2. The van der Waals surface area contributed by atoms with Crippen molar-refractivity contribution in [3.8, 4) is 0 Å². The van der Waals surface area contributed by atoms with Crippen LogP contribution in [-0.2, 0) is 27.9 Å². The van der Waals surface area contributed by atoms with Crippen molar-refractivity contribution < 1.29 is 37.3 Å². The maximum Gasteiger partial charge on any atom is 0.306 e. The Morgan fingerprint density at radius 2 is 0.802 bits per heavy atom. The van der Waals surface area contributed by atoms with Crippen molar-refractivity contribution in [2.24, 2.45) is 0 Å². The summed E-state index contributed by atoms with van der Waals surface area (Å²) in [6, 6.07) is -0.923. The third-order valence-electron chi connectivity index (χ3n) is 13.9. The molecule has 0 aliphatic heterocycles. The average Bonchev–Trinajstić information content (AvgIpc) is 3.44. The maximum absolute atomic E-state index is 13.6. The summed E-state index contributed by atoms with van der Waals surface area (Å²) < 4.78 is 30.3. The van der Waals surface area contributed by atoms with Crippen molar-refractivity contribution in [1.29, 1.82) is 0 Å². The van der Waals surface area contributed by atoms with Crippen LogP contribution in [0.5, 0.6) is 0 Å². The van der Waals surface area contributed by atoms with Crippen LogP contribution in [0.4, 0.5) is 0 Å². The minimum absolute atomic E-state index is 0.0385. The fourth-order valence-corrected chi connectivity index (χ4v) is 9.56. The maximum atomic E-state index is 13.6. The predicted molar refractivity (Wildman–Crippen MR) is 348 cm³/mol. The molecule has 0 spiro atoms. The van der Waals surface area contributed by atoms with Crippen LogP contribution in [-0.4, -0.2) is 69.4 Å². The number of allylic oxidation sites excluding steroid dienone is 19. The van der Waals surface area contributed by atoms with Gasteiger partial charge in [0.1, 0.15) is 19.3 Å². The molecule has 0 aromatic rings. The highest BCUT2D eigenvalue weighted by Crippen LogP contribution is 2.38. The van der Waals surface area contributed by atoms with Crippen molar-refractivity contribution in [3.05, 3.63) is 122 Å². The average molecular weight is 1150 g/mol. The Bertz CT molecular complexity index is 1800. The van der Waals surface area contributed by atoms with E-state index in [1.54, 1.807) is 0 Å². The number of nitrogens with zero attached hydrogens (tertiary/aromatic N) is 1. The van der Waals surface area contributed by atoms with Gasteiger partial charge in [-0.05, 0) is 115 Å². The second kappa shape index (κ2) is 59.6. The Hall–Kier alpha value is -3.59. The molecule has 0 aromatic heterocycles. The summed E-state index contributed by atoms with van der Waals surface area (Å²) in [4.78, 5) is 40.1. The molecule has 3 unspecified atom stereocenters. The zero-order chi connectivity index (χ0) is 59.3. The molecule has 0 aliphatic carbocycles. The van der Waals surface area contributed by atoms with E-state index in [4.69, 9.17) is 13.8 Å². The normalized spacial score (nSPS) is 14.4. The predicted octanol–water partition coefficient (Wildman–Crippen LogP) is 20.0. The van der Waals surface area contributed by atoms with E-state index in [1.807, 2.05) is 33.3 Å². The van der Waals surface area contributed by atoms with Gasteiger partial charge in [0.15, 0.2) is 0 Å². The van der Waals surface area contributed by atoms with Gasteiger partial charge in [-0.15, -0.1) is 0 Å². The molecule has 0 rings (SSSR count). The quantitative estimate of drug-likeness (QED) is 0.0212. The lowest BCUT2D eigenvalue weighted by Gasteiger charge is -2.30. The molecule has 0 fully saturated rings. The summed E-state index contributed by atoms with van der Waals surface area (Å²) in [5.74, 6) is -0.621. The number of rotatable bonds is 58. The number of hydrogen-bond acceptors (Lipinski definition) is 7. The fourth-order valence-electron chi connectivity index (χ4n) is 8.83. The van der Waals surface area contributed by atoms with Crippen molar-refractivity contribution >= 4 is 19.7 Å². The van der Waals surface area contributed by atoms with Gasteiger partial charge >= 0.3 is 5.97 Å². The number of carbonyl (C=O) groups is 2. The Morgan fingerprint density at radius 3 is 1.23 bits per heavy atom. The molecule has 0 saturated heterocycles. The molecule has 1 amide bonds. The smallest absolute Gasteiger partial charge is 0.306 e. The lowest BCUT2D eigenvalue weighted by atomic mass is 10.0. The Balaban J connectivity index is 5.27. The molecule has 81 heavy (non-hydrogen) atoms. The minimum Gasteiger partial charge on any atom is -0.756 e. The van der Waals surface area contributed by atoms with Crippen LogP contribution in [0.3, 0.4) is 0 Å². The van der Waals surface area contributed by atoms with Crippen molar-refractivity contribution in [2.45, 2.75) is 277 Å². The highest BCUT2D eigenvalue weighted by atomic mass is 31.2. The van der Waals surface area contributed by atoms with E-state index < -0.39 is 32.5 Å². The van der Waals surface area contributed by atoms with Gasteiger partial charge in [-0.1, -0.05) is 258 Å². The number of amides is 1. The molecular weight excluding hydrogens is 1020 g/mol. The van der Waals surface area contributed by atoms with E-state index in [1.165, 1.54) is 116 Å². The van der Waals surface area contributed by atoms with Gasteiger partial charge in [-0.25, -0.2) is 0 Å². The first-order valence-electron chi connectivity index (χ1n) is 32.8. The first-order chi connectivity index (χ1) is 39.4. The highest BCUT2D eigenvalue weighted by Gasteiger charge is 2.27. The number of carbonyl (C=O) groups excluding carboxylic acids is 2. The number of phosphoric acid groups is 1. The number of ether oxygens (including phenoxy) is 1. The lowest BCUT2D eigenvalue weighted by Crippen LogP contribution is -2.47. The Kier molecular flexibility index (Phi) is 56.9. The number of quaternary nitrogens is 1. The van der Waals surface area contributed by atoms with Crippen LogP contribution < -0.4 is 10.2 Å². The molecule has 0 bridgehead atoms. The number of phosphoric ester groups is 1. The van der Waals surface area contributed by atoms with Crippen LogP contribution in [0.1, 0.15) is 265 Å². The molecule has 1 N–H and O–H groups in total. The molecule has 464 valence electrons. The van der Waals surface area contributed by atoms with Gasteiger partial charge in [0.05, 0.1) is 33.8 Å². The number of nitrogens with one attached hydrogen (secondary N) is 1. The molecule has 3 atom stereocenters. The van der Waals surface area contributed by atoms with Crippen LogP contribution in [0.15, 0.2) is 122 Å². The van der Waals surface area contributed by atoms with E-state index in [-0.39, 0.29) is 18.9 Å². The Morgan fingerprint density at radius 1 is 0.444 bits per heavy atom. The van der Waals surface area contributed by atoms with Crippen molar-refractivity contribution in [1.82, 2.24) is 5.32 Å². The van der Waals surface area contributed by atoms with Crippen LogP contribution >= 0.6 is 7.82 Å². The number of unbranched alkanes of at least 4 members (excludes halogenated alkanes) is 24. The topological polar surface area (TPSA) is 114 Å². The van der Waals surface area contributed by atoms with Crippen molar-refractivity contribution in [3.63, 3.8) is 0 Å². The largest absolute Gasteiger partial charge is 0.756 e. The second-order valence-corrected chi connectivity index (χ2v) is 24.3. The number of hydrogen-bond donors (Lipinski definition) is 1. The van der Waals surface area contributed by atoms with E-state index in [0.717, 1.165) is 109 Å². The van der Waals surface area contributed by atoms with E-state index in [9.17, 15) is 19.0 Å². The number of esters is 1. The standard InChI is InChI=1S/C71H123N2O7P/c1-7-10-13-16-19-22-25-28-30-32-33-34-35-36-37-38-39-41-42-45-48-51-54-57-60-63-70(74)72-68(67-79-81(76,77)78-66-65-73(4,5)6)69(62-59-56-53-50-47-44-27-24-21-18-15-12-9-3)80-71(75)64-61-58-55-52-49-46-43-40-31-29-26-23-20-17-14-11-8-2/h11,14,19-20,22-23,28-31,33-34,36-37,43,46,52,55,59,62,68-69H,7-10,12-13,15-18,21,24-27,32,35,38-42,44-45,47-51,53-54,56-58,60-61,63-67H2,1-6H3,(H-,72,74,76,77)/b14-11-,22-19-,23-20-,30-28-,31-29-,34-33-,37-36-,46-43-,55-52-,62-59-. The van der Waals surface area contributed by atoms with Gasteiger partial charge in [0.2, 0.25) is 5.91 Å². The molecule has 0 radical (unpaired) electrons. The fraction of sp³-hybridized carbons (Fsp3) is 0.690. The van der Waals surface area contributed by atoms with Crippen LogP contribution in [0, 0.1) is 0 Å².